The Labute approximate surface area is 534 Å². The van der Waals surface area contributed by atoms with Crippen LogP contribution in [0.15, 0.2) is 141 Å². The Morgan fingerprint density at radius 1 is 0.759 bits per heavy atom. The average Bonchev–Trinajstić information content (AvgIpc) is 3.71. The molecule has 460 valence electrons. The average molecular weight is 1330 g/mol. The number of nitrogens with zero attached hydrogens (tertiary/aromatic N) is 5. The first-order valence-electron chi connectivity index (χ1n) is 28.9. The van der Waals surface area contributed by atoms with E-state index in [4.69, 9.17) is 15.9 Å². The van der Waals surface area contributed by atoms with Gasteiger partial charge in [0.2, 0.25) is 0 Å². The van der Waals surface area contributed by atoms with Crippen LogP contribution in [0.5, 0.6) is 0 Å². The van der Waals surface area contributed by atoms with Crippen LogP contribution in [0, 0.1) is 70.9 Å². The number of aryl methyl sites for hydroxylation is 4. The second kappa shape index (κ2) is 37.5. The quantitative estimate of drug-likeness (QED) is 0.0202. The largest absolute Gasteiger partial charge is 0.462 e. The van der Waals surface area contributed by atoms with Crippen molar-refractivity contribution in [3.8, 4) is 18.4 Å². The highest BCUT2D eigenvalue weighted by Gasteiger charge is 2.24. The molecule has 87 heavy (non-hydrogen) atoms. The number of likely N-dealkylation sites (N-methyl/N-ethyl adjacent to an activating group) is 2. The number of esters is 1. The standard InChI is InChI=1S/C21H23N3O3S.C21H23N3O2S.C15H21FN2O.C10H11IO2/c1-4-13-23(5-2)14-12-22-21(25)17-8-11-20(19(15-17)24(26)27)28-18-9-6-16(3)7-10-18;1-16-2-5-19(6-3-16)27-20-7-4-17(14-18(20)15-22)21(25)23-8-9-24-10-12-26-13-11-24;1-3-18-8-4-5-13(18)10-17-15(19)12-6-7-14(16)11(2)9-12;1-3-13-10(12)8-4-5-9(11)7(2)6-8/h1,6-11,15H,5,12-14H2,2-3H3,(H,22,25);2-7,14H,8-13H2,1H3,(H,23,25);6-7,9,13H,3-5,8,10H2,1-2H3,(H,17,19);4-6H,3H2,1-2H3. The molecule has 8 rings (SSSR count). The van der Waals surface area contributed by atoms with Gasteiger partial charge in [0.25, 0.3) is 23.4 Å². The molecule has 0 aliphatic carbocycles. The summed E-state index contributed by atoms with van der Waals surface area (Å²) in [5, 5.41) is 29.6. The predicted octanol–water partition coefficient (Wildman–Crippen LogP) is 11.9. The van der Waals surface area contributed by atoms with Gasteiger partial charge in [0.15, 0.2) is 0 Å². The van der Waals surface area contributed by atoms with Crippen molar-refractivity contribution < 1.29 is 38.0 Å². The topological polar surface area (TPSA) is 199 Å². The second-order valence-corrected chi connectivity index (χ2v) is 23.8. The minimum absolute atomic E-state index is 0.0826. The number of benzene rings is 6. The van der Waals surface area contributed by atoms with Gasteiger partial charge >= 0.3 is 5.97 Å². The molecule has 2 aliphatic rings. The van der Waals surface area contributed by atoms with E-state index >= 15 is 0 Å². The lowest BCUT2D eigenvalue weighted by Gasteiger charge is -2.26. The lowest BCUT2D eigenvalue weighted by atomic mass is 10.1. The van der Waals surface area contributed by atoms with Crippen molar-refractivity contribution in [2.45, 2.75) is 86.9 Å². The van der Waals surface area contributed by atoms with Crippen molar-refractivity contribution in [2.24, 2.45) is 0 Å². The van der Waals surface area contributed by atoms with Crippen molar-refractivity contribution >= 4 is 75.5 Å². The third-order valence-corrected chi connectivity index (χ3v) is 17.4. The number of likely N-dealkylation sites (tertiary alicyclic amines) is 1. The fourth-order valence-corrected chi connectivity index (χ4v) is 11.1. The van der Waals surface area contributed by atoms with Crippen molar-refractivity contribution in [3.05, 3.63) is 191 Å². The molecule has 1 atom stereocenters. The molecule has 6 aromatic rings. The van der Waals surface area contributed by atoms with Crippen LogP contribution in [-0.4, -0.2) is 141 Å². The van der Waals surface area contributed by atoms with Crippen LogP contribution >= 0.6 is 46.1 Å². The number of nitriles is 1. The maximum atomic E-state index is 13.2. The van der Waals surface area contributed by atoms with Crippen LogP contribution in [0.3, 0.4) is 0 Å². The summed E-state index contributed by atoms with van der Waals surface area (Å²) >= 11 is 5.07. The number of carbonyl (C=O) groups is 4. The van der Waals surface area contributed by atoms with Crippen molar-refractivity contribution in [2.75, 3.05) is 91.8 Å². The molecule has 1 unspecified atom stereocenters. The molecular weight excluding hydrogens is 1250 g/mol. The van der Waals surface area contributed by atoms with Gasteiger partial charge in [-0.05, 0) is 192 Å². The molecule has 0 spiro atoms. The molecule has 3 amide bonds. The molecule has 2 heterocycles. The number of ether oxygens (including phenoxy) is 2. The zero-order valence-corrected chi connectivity index (χ0v) is 54.4. The SMILES string of the molecule is C#CCN(CC)CCNC(=O)c1ccc(Sc2ccc(C)cc2)c([N+](=O)[O-])c1.CCN1CCCC1CNC(=O)c1ccc(F)c(C)c1.CCOC(=O)c1ccc(I)c(C)c1.Cc1ccc(Sc2ccc(C(=O)NCCN3CCOCC3)cc2C#N)cc1. The lowest BCUT2D eigenvalue weighted by molar-refractivity contribution is -0.387. The smallest absolute Gasteiger partial charge is 0.338 e. The molecule has 2 fully saturated rings. The summed E-state index contributed by atoms with van der Waals surface area (Å²) in [6, 6.07) is 38.4. The van der Waals surface area contributed by atoms with Gasteiger partial charge < -0.3 is 25.4 Å². The summed E-state index contributed by atoms with van der Waals surface area (Å²) in [5.41, 5.74) is 6.29. The normalized spacial score (nSPS) is 13.6. The number of morpholine rings is 1. The summed E-state index contributed by atoms with van der Waals surface area (Å²) in [6.45, 7) is 23.9. The second-order valence-electron chi connectivity index (χ2n) is 20.4. The summed E-state index contributed by atoms with van der Waals surface area (Å²) in [5.74, 6) is 1.44. The molecule has 2 saturated heterocycles. The van der Waals surface area contributed by atoms with Gasteiger partial charge in [-0.25, -0.2) is 9.18 Å². The monoisotopic (exact) mass is 1330 g/mol. The molecule has 3 N–H and O–H groups in total. The predicted molar refractivity (Wildman–Crippen MR) is 351 cm³/mol. The van der Waals surface area contributed by atoms with E-state index in [9.17, 15) is 38.9 Å². The Morgan fingerprint density at radius 2 is 1.32 bits per heavy atom. The Kier molecular flexibility index (Phi) is 30.5. The highest BCUT2D eigenvalue weighted by molar-refractivity contribution is 14.1. The van der Waals surface area contributed by atoms with Crippen LogP contribution < -0.4 is 16.0 Å². The Bertz CT molecular complexity index is 3340. The van der Waals surface area contributed by atoms with Crippen molar-refractivity contribution in [1.82, 2.24) is 30.7 Å². The molecule has 0 bridgehead atoms. The maximum Gasteiger partial charge on any atom is 0.338 e. The van der Waals surface area contributed by atoms with E-state index in [0.29, 0.717) is 78.1 Å². The summed E-state index contributed by atoms with van der Waals surface area (Å²) in [7, 11) is 0. The van der Waals surface area contributed by atoms with Gasteiger partial charge in [-0.2, -0.15) is 5.26 Å². The number of hydrogen-bond donors (Lipinski definition) is 3. The number of nitro groups is 1. The van der Waals surface area contributed by atoms with E-state index in [1.165, 1.54) is 53.7 Å². The van der Waals surface area contributed by atoms with Crippen LogP contribution in [0.25, 0.3) is 0 Å². The molecule has 0 saturated carbocycles. The van der Waals surface area contributed by atoms with E-state index in [1.807, 2.05) is 99.3 Å². The molecule has 16 nitrogen and oxygen atoms in total. The summed E-state index contributed by atoms with van der Waals surface area (Å²) in [4.78, 5) is 69.1. The maximum absolute atomic E-state index is 13.2. The lowest BCUT2D eigenvalue weighted by Crippen LogP contribution is -2.41. The van der Waals surface area contributed by atoms with Crippen LogP contribution in [0.1, 0.15) is 103 Å². The number of rotatable bonds is 21. The number of terminal acetylenes is 1. The van der Waals surface area contributed by atoms with Crippen molar-refractivity contribution in [3.63, 3.8) is 0 Å². The summed E-state index contributed by atoms with van der Waals surface area (Å²) in [6.07, 6.45) is 7.64. The van der Waals surface area contributed by atoms with E-state index in [-0.39, 0.29) is 40.8 Å². The van der Waals surface area contributed by atoms with Gasteiger partial charge in [-0.3, -0.25) is 39.2 Å². The van der Waals surface area contributed by atoms with Gasteiger partial charge in [-0.15, -0.1) is 6.42 Å². The third-order valence-electron chi connectivity index (χ3n) is 14.1. The van der Waals surface area contributed by atoms with E-state index in [0.717, 1.165) is 88.3 Å². The fourth-order valence-electron chi connectivity index (χ4n) is 8.99. The Balaban J connectivity index is 0.000000219. The first kappa shape index (κ1) is 70.6. The molecular formula is C67H78FIN8O8S2. The zero-order chi connectivity index (χ0) is 63.3. The number of nitro benzene ring substituents is 1. The number of nitrogens with one attached hydrogen (secondary N) is 3. The first-order chi connectivity index (χ1) is 41.9. The Morgan fingerprint density at radius 3 is 1.90 bits per heavy atom. The molecule has 0 radical (unpaired) electrons. The van der Waals surface area contributed by atoms with Gasteiger partial charge in [-0.1, -0.05) is 78.7 Å². The van der Waals surface area contributed by atoms with Crippen LogP contribution in [-0.2, 0) is 9.47 Å². The molecule has 0 aromatic heterocycles. The number of amides is 3. The van der Waals surface area contributed by atoms with Crippen molar-refractivity contribution in [1.29, 1.82) is 5.26 Å². The van der Waals surface area contributed by atoms with Gasteiger partial charge in [0, 0.05) is 92.9 Å². The summed E-state index contributed by atoms with van der Waals surface area (Å²) < 4.78 is 24.5. The molecule has 20 heteroatoms. The van der Waals surface area contributed by atoms with Crippen LogP contribution in [0.4, 0.5) is 10.1 Å². The van der Waals surface area contributed by atoms with Gasteiger partial charge in [0.1, 0.15) is 11.9 Å². The third kappa shape index (κ3) is 23.8. The molecule has 2 aliphatic heterocycles. The van der Waals surface area contributed by atoms with Gasteiger partial charge in [0.05, 0.1) is 47.3 Å². The minimum atomic E-state index is -0.459. The number of halogens is 2. The number of hydrogen-bond acceptors (Lipinski definition) is 14. The van der Waals surface area contributed by atoms with Crippen LogP contribution in [0.2, 0.25) is 0 Å². The zero-order valence-electron chi connectivity index (χ0n) is 50.6. The van der Waals surface area contributed by atoms with E-state index < -0.39 is 4.92 Å². The van der Waals surface area contributed by atoms with E-state index in [1.54, 1.807) is 50.2 Å². The fraction of sp³-hybridized carbons (Fsp3) is 0.358. The highest BCUT2D eigenvalue weighted by atomic mass is 127. The first-order valence-corrected chi connectivity index (χ1v) is 31.6. The van der Waals surface area contributed by atoms with E-state index in [2.05, 4.69) is 67.3 Å². The minimum Gasteiger partial charge on any atom is -0.462 e. The number of carbonyl (C=O) groups excluding carboxylic acids is 4. The highest BCUT2D eigenvalue weighted by Crippen LogP contribution is 2.36. The molecule has 6 aromatic carbocycles. The Hall–Kier alpha value is -7.15.